The van der Waals surface area contributed by atoms with Gasteiger partial charge in [-0.25, -0.2) is 0 Å². The molecule has 0 aliphatic carbocycles. The fourth-order valence-corrected chi connectivity index (χ4v) is 6.89. The van der Waals surface area contributed by atoms with Gasteiger partial charge in [0.2, 0.25) is 0 Å². The lowest BCUT2D eigenvalue weighted by atomic mass is 10.0. The molecule has 0 rings (SSSR count). The summed E-state index contributed by atoms with van der Waals surface area (Å²) in [6.07, 6.45) is 30.1. The van der Waals surface area contributed by atoms with E-state index in [0.717, 1.165) is 44.9 Å². The van der Waals surface area contributed by atoms with E-state index in [1.807, 2.05) is 0 Å². The van der Waals surface area contributed by atoms with E-state index in [2.05, 4.69) is 34.6 Å². The first-order valence-electron chi connectivity index (χ1n) is 19.1. The number of hydrogen-bond acceptors (Lipinski definition) is 3. The number of alkyl halides is 1. The maximum atomic E-state index is 12.0. The number of rotatable bonds is 33. The molecule has 0 atom stereocenters. The molecule has 0 aliphatic heterocycles. The van der Waals surface area contributed by atoms with Crippen LogP contribution in [0, 0.1) is 0 Å². The highest BCUT2D eigenvalue weighted by Crippen LogP contribution is 2.14. The largest absolute Gasteiger partial charge is 0.325 e. The van der Waals surface area contributed by atoms with E-state index < -0.39 is 10.1 Å². The van der Waals surface area contributed by atoms with Crippen LogP contribution < -0.4 is 0 Å². The Hall–Kier alpha value is -0.200. The average Bonchev–Trinajstić information content (AvgIpc) is 3.01. The SMILES string of the molecule is CCCCCCCCCCCCCCCCCCOS(=O)(=O)CCCCCCCCCCCF.CC[N+](CC)(CC)CC. The van der Waals surface area contributed by atoms with Crippen molar-refractivity contribution in [3.8, 4) is 0 Å². The Morgan fingerprint density at radius 1 is 0.442 bits per heavy atom. The van der Waals surface area contributed by atoms with Crippen molar-refractivity contribution in [1.82, 2.24) is 0 Å². The maximum Gasteiger partial charge on any atom is 0.267 e. The minimum atomic E-state index is -3.35. The van der Waals surface area contributed by atoms with Gasteiger partial charge in [-0.15, -0.1) is 0 Å². The van der Waals surface area contributed by atoms with E-state index in [1.54, 1.807) is 0 Å². The van der Waals surface area contributed by atoms with Crippen molar-refractivity contribution in [3.05, 3.63) is 0 Å². The Balaban J connectivity index is 0. The summed E-state index contributed by atoms with van der Waals surface area (Å²) in [4.78, 5) is 0. The van der Waals surface area contributed by atoms with Crippen LogP contribution in [0.1, 0.15) is 195 Å². The molecule has 0 fully saturated rings. The van der Waals surface area contributed by atoms with Gasteiger partial charge in [0.1, 0.15) is 0 Å². The molecule has 0 radical (unpaired) electrons. The van der Waals surface area contributed by atoms with E-state index in [4.69, 9.17) is 4.18 Å². The van der Waals surface area contributed by atoms with E-state index in [9.17, 15) is 12.8 Å². The molecule has 0 bridgehead atoms. The van der Waals surface area contributed by atoms with Gasteiger partial charge in [0, 0.05) is 0 Å². The molecule has 0 saturated carbocycles. The Morgan fingerprint density at radius 3 is 1.05 bits per heavy atom. The normalized spacial score (nSPS) is 12.0. The second-order valence-corrected chi connectivity index (χ2v) is 14.6. The molecule has 0 heterocycles. The van der Waals surface area contributed by atoms with Gasteiger partial charge in [0.25, 0.3) is 10.1 Å². The molecule has 0 N–H and O–H groups in total. The molecule has 6 heteroatoms. The molecular formula is C37H79FNO3S+. The van der Waals surface area contributed by atoms with Gasteiger partial charge in [-0.05, 0) is 47.0 Å². The summed E-state index contributed by atoms with van der Waals surface area (Å²) in [5.74, 6) is 0.155. The van der Waals surface area contributed by atoms with Crippen LogP contribution in [0.5, 0.6) is 0 Å². The minimum Gasteiger partial charge on any atom is -0.325 e. The molecule has 262 valence electrons. The molecule has 0 aliphatic rings. The first-order chi connectivity index (χ1) is 20.9. The van der Waals surface area contributed by atoms with Crippen LogP contribution >= 0.6 is 0 Å². The third-order valence-corrected chi connectivity index (χ3v) is 10.8. The molecule has 43 heavy (non-hydrogen) atoms. The molecule has 0 spiro atoms. The lowest BCUT2D eigenvalue weighted by Gasteiger charge is -2.34. The molecule has 0 amide bonds. The van der Waals surface area contributed by atoms with Gasteiger partial charge in [-0.3, -0.25) is 8.57 Å². The fraction of sp³-hybridized carbons (Fsp3) is 1.00. The maximum absolute atomic E-state index is 12.0. The van der Waals surface area contributed by atoms with Crippen LogP contribution in [0.3, 0.4) is 0 Å². The Kier molecular flexibility index (Phi) is 36.2. The van der Waals surface area contributed by atoms with Crippen LogP contribution in [0.2, 0.25) is 0 Å². The van der Waals surface area contributed by atoms with Crippen LogP contribution in [-0.4, -0.2) is 58.1 Å². The Morgan fingerprint density at radius 2 is 0.744 bits per heavy atom. The lowest BCUT2D eigenvalue weighted by molar-refractivity contribution is -0.921. The molecule has 0 unspecified atom stereocenters. The Bertz CT molecular complexity index is 608. The van der Waals surface area contributed by atoms with Crippen LogP contribution in [-0.2, 0) is 14.3 Å². The molecule has 0 aromatic rings. The van der Waals surface area contributed by atoms with Crippen LogP contribution in [0.4, 0.5) is 4.39 Å². The summed E-state index contributed by atoms with van der Waals surface area (Å²) in [5.41, 5.74) is 0. The predicted octanol–water partition coefficient (Wildman–Crippen LogP) is 12.0. The summed E-state index contributed by atoms with van der Waals surface area (Å²) in [6.45, 7) is 16.6. The number of nitrogens with zero attached hydrogens (tertiary/aromatic N) is 1. The highest BCUT2D eigenvalue weighted by molar-refractivity contribution is 7.86. The number of hydrogen-bond donors (Lipinski definition) is 0. The first kappa shape index (κ1) is 44.9. The predicted molar refractivity (Wildman–Crippen MR) is 189 cm³/mol. The standard InChI is InChI=1S/C29H59FO3S.C8H20N/c1-2-3-4-5-6-7-8-9-10-11-12-13-16-19-22-25-28-33-34(31,32)29-26-23-20-17-14-15-18-21-24-27-30;1-5-9(6-2,7-3)8-4/h2-29H2,1H3;5-8H2,1-4H3/q;+1. The second kappa shape index (κ2) is 34.7. The van der Waals surface area contributed by atoms with E-state index in [0.29, 0.717) is 19.4 Å². The topological polar surface area (TPSA) is 43.4 Å². The van der Waals surface area contributed by atoms with Crippen molar-refractivity contribution >= 4 is 10.1 Å². The minimum absolute atomic E-state index is 0.155. The van der Waals surface area contributed by atoms with Gasteiger partial charge >= 0.3 is 0 Å². The zero-order valence-corrected chi connectivity index (χ0v) is 30.9. The number of quaternary nitrogens is 1. The van der Waals surface area contributed by atoms with Gasteiger partial charge < -0.3 is 4.48 Å². The first-order valence-corrected chi connectivity index (χ1v) is 20.7. The molecular weight excluding hydrogens is 557 g/mol. The quantitative estimate of drug-likeness (QED) is 0.0409. The molecule has 0 aromatic heterocycles. The van der Waals surface area contributed by atoms with Crippen molar-refractivity contribution in [1.29, 1.82) is 0 Å². The van der Waals surface area contributed by atoms with Crippen molar-refractivity contribution in [2.75, 3.05) is 45.2 Å². The van der Waals surface area contributed by atoms with Gasteiger partial charge in [0.05, 0.1) is 45.2 Å². The second-order valence-electron chi connectivity index (χ2n) is 12.9. The summed E-state index contributed by atoms with van der Waals surface area (Å²) in [7, 11) is -3.35. The number of unbranched alkanes of at least 4 members (excludes halogenated alkanes) is 23. The Labute approximate surface area is 271 Å². The summed E-state index contributed by atoms with van der Waals surface area (Å²) >= 11 is 0. The zero-order valence-electron chi connectivity index (χ0n) is 30.1. The van der Waals surface area contributed by atoms with Crippen molar-refractivity contribution in [2.45, 2.75) is 195 Å². The summed E-state index contributed by atoms with van der Waals surface area (Å²) < 4.78 is 42.4. The monoisotopic (exact) mass is 637 g/mol. The third kappa shape index (κ3) is 33.0. The third-order valence-electron chi connectivity index (χ3n) is 9.47. The smallest absolute Gasteiger partial charge is 0.267 e. The molecule has 0 saturated heterocycles. The van der Waals surface area contributed by atoms with Crippen LogP contribution in [0.15, 0.2) is 0 Å². The van der Waals surface area contributed by atoms with E-state index in [-0.39, 0.29) is 12.4 Å². The average molecular weight is 637 g/mol. The highest BCUT2D eigenvalue weighted by atomic mass is 32.2. The van der Waals surface area contributed by atoms with E-state index in [1.165, 1.54) is 133 Å². The fourth-order valence-electron chi connectivity index (χ4n) is 5.85. The summed E-state index contributed by atoms with van der Waals surface area (Å²) in [6, 6.07) is 0. The molecule has 4 nitrogen and oxygen atoms in total. The van der Waals surface area contributed by atoms with Crippen LogP contribution in [0.25, 0.3) is 0 Å². The van der Waals surface area contributed by atoms with Gasteiger partial charge in [-0.2, -0.15) is 8.42 Å². The lowest BCUT2D eigenvalue weighted by Crippen LogP contribution is -2.47. The van der Waals surface area contributed by atoms with Gasteiger partial charge in [-0.1, -0.05) is 148 Å². The zero-order chi connectivity index (χ0) is 32.3. The molecule has 0 aromatic carbocycles. The van der Waals surface area contributed by atoms with Crippen molar-refractivity contribution in [2.24, 2.45) is 0 Å². The van der Waals surface area contributed by atoms with E-state index >= 15 is 0 Å². The van der Waals surface area contributed by atoms with Crippen molar-refractivity contribution < 1.29 is 21.5 Å². The highest BCUT2D eigenvalue weighted by Gasteiger charge is 2.16. The number of halogens is 1. The van der Waals surface area contributed by atoms with Crippen molar-refractivity contribution in [3.63, 3.8) is 0 Å². The van der Waals surface area contributed by atoms with Gasteiger partial charge in [0.15, 0.2) is 0 Å². The summed E-state index contributed by atoms with van der Waals surface area (Å²) in [5, 5.41) is 0.